The summed E-state index contributed by atoms with van der Waals surface area (Å²) in [6.45, 7) is 2.58. The lowest BCUT2D eigenvalue weighted by Gasteiger charge is -2.33. The van der Waals surface area contributed by atoms with Crippen molar-refractivity contribution in [1.29, 1.82) is 0 Å². The number of nitrogens with two attached hydrogens (primary N) is 1. The van der Waals surface area contributed by atoms with Gasteiger partial charge in [0, 0.05) is 19.3 Å². The maximum atomic E-state index is 9.69. The molecule has 1 aliphatic heterocycles. The van der Waals surface area contributed by atoms with Gasteiger partial charge < -0.3 is 15.7 Å². The van der Waals surface area contributed by atoms with E-state index >= 15 is 0 Å². The van der Waals surface area contributed by atoms with Crippen molar-refractivity contribution in [2.45, 2.75) is 12.8 Å². The van der Waals surface area contributed by atoms with Gasteiger partial charge in [0.25, 0.3) is 0 Å². The number of pyridine rings is 1. The van der Waals surface area contributed by atoms with Crippen LogP contribution in [0.4, 0.5) is 5.82 Å². The first-order chi connectivity index (χ1) is 7.31. The predicted molar refractivity (Wildman–Crippen MR) is 59.9 cm³/mol. The zero-order valence-electron chi connectivity index (χ0n) is 8.76. The molecule has 0 spiro atoms. The van der Waals surface area contributed by atoms with Crippen LogP contribution >= 0.6 is 0 Å². The van der Waals surface area contributed by atoms with Crippen LogP contribution in [0.25, 0.3) is 0 Å². The molecule has 1 aliphatic rings. The van der Waals surface area contributed by atoms with E-state index in [1.54, 1.807) is 18.3 Å². The molecule has 1 saturated heterocycles. The summed E-state index contributed by atoms with van der Waals surface area (Å²) >= 11 is 0. The maximum absolute atomic E-state index is 9.69. The molecule has 1 unspecified atom stereocenters. The molecule has 82 valence electrons. The van der Waals surface area contributed by atoms with E-state index in [9.17, 15) is 5.11 Å². The van der Waals surface area contributed by atoms with Gasteiger partial charge in [0.15, 0.2) is 11.6 Å². The van der Waals surface area contributed by atoms with Gasteiger partial charge in [-0.1, -0.05) is 0 Å². The zero-order chi connectivity index (χ0) is 10.7. The molecule has 0 radical (unpaired) electrons. The fourth-order valence-electron chi connectivity index (χ4n) is 2.08. The molecule has 3 N–H and O–H groups in total. The van der Waals surface area contributed by atoms with E-state index in [4.69, 9.17) is 5.73 Å². The van der Waals surface area contributed by atoms with Crippen LogP contribution in [0.15, 0.2) is 18.3 Å². The highest BCUT2D eigenvalue weighted by Gasteiger charge is 2.21. The highest BCUT2D eigenvalue weighted by atomic mass is 16.3. The number of hydrogen-bond acceptors (Lipinski definition) is 4. The molecule has 4 heteroatoms. The Morgan fingerprint density at radius 2 is 2.47 bits per heavy atom. The fraction of sp³-hybridized carbons (Fsp3) is 0.545. The van der Waals surface area contributed by atoms with Crippen molar-refractivity contribution in [2.75, 3.05) is 24.5 Å². The average Bonchev–Trinajstić information content (AvgIpc) is 2.30. The van der Waals surface area contributed by atoms with Crippen molar-refractivity contribution in [1.82, 2.24) is 4.98 Å². The van der Waals surface area contributed by atoms with Crippen molar-refractivity contribution >= 4 is 5.82 Å². The van der Waals surface area contributed by atoms with Crippen LogP contribution < -0.4 is 10.6 Å². The van der Waals surface area contributed by atoms with Crippen molar-refractivity contribution < 1.29 is 5.11 Å². The van der Waals surface area contributed by atoms with Gasteiger partial charge in [-0.15, -0.1) is 0 Å². The Bertz CT molecular complexity index is 329. The molecule has 0 aromatic carbocycles. The normalized spacial score (nSPS) is 21.7. The van der Waals surface area contributed by atoms with Crippen LogP contribution in [0, 0.1) is 5.92 Å². The van der Waals surface area contributed by atoms with Gasteiger partial charge in [-0.2, -0.15) is 0 Å². The van der Waals surface area contributed by atoms with Crippen LogP contribution in [0.3, 0.4) is 0 Å². The third-order valence-electron chi connectivity index (χ3n) is 2.92. The number of anilines is 1. The van der Waals surface area contributed by atoms with Crippen LogP contribution in [-0.2, 0) is 0 Å². The fourth-order valence-corrected chi connectivity index (χ4v) is 2.08. The van der Waals surface area contributed by atoms with E-state index in [0.717, 1.165) is 19.5 Å². The van der Waals surface area contributed by atoms with Gasteiger partial charge >= 0.3 is 0 Å². The Hall–Kier alpha value is -1.29. The summed E-state index contributed by atoms with van der Waals surface area (Å²) in [6.07, 6.45) is 4.01. The Morgan fingerprint density at radius 3 is 3.20 bits per heavy atom. The standard InChI is InChI=1S/C11H17N3O/c12-7-9-3-2-6-14(8-9)11-10(15)4-1-5-13-11/h1,4-5,9,15H,2-3,6-8,12H2. The van der Waals surface area contributed by atoms with E-state index < -0.39 is 0 Å². The SMILES string of the molecule is NCC1CCCN(c2ncccc2O)C1. The second kappa shape index (κ2) is 4.49. The smallest absolute Gasteiger partial charge is 0.171 e. The Balaban J connectivity index is 2.13. The van der Waals surface area contributed by atoms with Crippen molar-refractivity contribution in [2.24, 2.45) is 11.7 Å². The summed E-state index contributed by atoms with van der Waals surface area (Å²) in [5.74, 6) is 1.48. The minimum absolute atomic E-state index is 0.259. The van der Waals surface area contributed by atoms with E-state index in [0.29, 0.717) is 18.3 Å². The Labute approximate surface area is 89.7 Å². The van der Waals surface area contributed by atoms with Crippen LogP contribution in [0.2, 0.25) is 0 Å². The number of aromatic hydroxyl groups is 1. The quantitative estimate of drug-likeness (QED) is 0.758. The third kappa shape index (κ3) is 2.21. The van der Waals surface area contributed by atoms with Gasteiger partial charge in [0.1, 0.15) is 0 Å². The molecular formula is C11H17N3O. The van der Waals surface area contributed by atoms with Crippen LogP contribution in [0.1, 0.15) is 12.8 Å². The summed E-state index contributed by atoms with van der Waals surface area (Å²) in [6, 6.07) is 3.41. The molecule has 2 heterocycles. The zero-order valence-corrected chi connectivity index (χ0v) is 8.76. The molecule has 1 aromatic heterocycles. The first-order valence-corrected chi connectivity index (χ1v) is 5.40. The number of aromatic nitrogens is 1. The first-order valence-electron chi connectivity index (χ1n) is 5.40. The average molecular weight is 207 g/mol. The molecule has 0 saturated carbocycles. The van der Waals surface area contributed by atoms with Crippen molar-refractivity contribution in [3.63, 3.8) is 0 Å². The molecule has 2 rings (SSSR count). The lowest BCUT2D eigenvalue weighted by Crippen LogP contribution is -2.38. The lowest BCUT2D eigenvalue weighted by atomic mass is 9.98. The molecular weight excluding hydrogens is 190 g/mol. The number of hydrogen-bond donors (Lipinski definition) is 2. The Morgan fingerprint density at radius 1 is 1.60 bits per heavy atom. The monoisotopic (exact) mass is 207 g/mol. The van der Waals surface area contributed by atoms with Crippen LogP contribution in [0.5, 0.6) is 5.75 Å². The minimum Gasteiger partial charge on any atom is -0.504 e. The number of piperidine rings is 1. The Kier molecular flexibility index (Phi) is 3.06. The van der Waals surface area contributed by atoms with E-state index in [2.05, 4.69) is 9.88 Å². The van der Waals surface area contributed by atoms with Gasteiger partial charge in [0.2, 0.25) is 0 Å². The molecule has 0 aliphatic carbocycles. The minimum atomic E-state index is 0.259. The van der Waals surface area contributed by atoms with Crippen LogP contribution in [-0.4, -0.2) is 29.7 Å². The molecule has 15 heavy (non-hydrogen) atoms. The molecule has 4 nitrogen and oxygen atoms in total. The van der Waals surface area contributed by atoms with Gasteiger partial charge in [-0.05, 0) is 37.4 Å². The maximum Gasteiger partial charge on any atom is 0.171 e. The largest absolute Gasteiger partial charge is 0.504 e. The van der Waals surface area contributed by atoms with E-state index in [-0.39, 0.29) is 5.75 Å². The molecule has 0 amide bonds. The lowest BCUT2D eigenvalue weighted by molar-refractivity contribution is 0.412. The first kappa shape index (κ1) is 10.2. The van der Waals surface area contributed by atoms with E-state index in [1.165, 1.54) is 6.42 Å². The molecule has 0 bridgehead atoms. The number of rotatable bonds is 2. The summed E-state index contributed by atoms with van der Waals surface area (Å²) in [7, 11) is 0. The van der Waals surface area contributed by atoms with Gasteiger partial charge in [0.05, 0.1) is 0 Å². The third-order valence-corrected chi connectivity index (χ3v) is 2.92. The highest BCUT2D eigenvalue weighted by molar-refractivity contribution is 5.51. The molecule has 1 fully saturated rings. The summed E-state index contributed by atoms with van der Waals surface area (Å²) in [4.78, 5) is 6.33. The molecule has 1 aromatic rings. The topological polar surface area (TPSA) is 62.4 Å². The van der Waals surface area contributed by atoms with Gasteiger partial charge in [-0.3, -0.25) is 0 Å². The number of nitrogens with zero attached hydrogens (tertiary/aromatic N) is 2. The van der Waals surface area contributed by atoms with Crippen molar-refractivity contribution in [3.8, 4) is 5.75 Å². The van der Waals surface area contributed by atoms with E-state index in [1.807, 2.05) is 0 Å². The molecule has 1 atom stereocenters. The summed E-state index contributed by atoms with van der Waals surface area (Å²) in [5, 5.41) is 9.69. The summed E-state index contributed by atoms with van der Waals surface area (Å²) < 4.78 is 0. The summed E-state index contributed by atoms with van der Waals surface area (Å²) in [5.41, 5.74) is 5.67. The van der Waals surface area contributed by atoms with Gasteiger partial charge in [-0.25, -0.2) is 4.98 Å². The second-order valence-electron chi connectivity index (χ2n) is 4.04. The highest BCUT2D eigenvalue weighted by Crippen LogP contribution is 2.27. The predicted octanol–water partition coefficient (Wildman–Crippen LogP) is 0.962. The van der Waals surface area contributed by atoms with Crippen molar-refractivity contribution in [3.05, 3.63) is 18.3 Å². The second-order valence-corrected chi connectivity index (χ2v) is 4.04.